The van der Waals surface area contributed by atoms with Crippen LogP contribution in [0.15, 0.2) is 53.6 Å². The van der Waals surface area contributed by atoms with Crippen molar-refractivity contribution >= 4 is 34.2 Å². The second-order valence-electron chi connectivity index (χ2n) is 7.20. The summed E-state index contributed by atoms with van der Waals surface area (Å²) in [5.41, 5.74) is 1.17. The maximum atomic E-state index is 12.9. The molecule has 1 fully saturated rings. The third kappa shape index (κ3) is 4.11. The number of likely N-dealkylation sites (tertiary alicyclic amines) is 1. The molecule has 1 N–H and O–H groups in total. The van der Waals surface area contributed by atoms with E-state index in [2.05, 4.69) is 10.3 Å². The highest BCUT2D eigenvalue weighted by Gasteiger charge is 2.25. The predicted molar refractivity (Wildman–Crippen MR) is 117 cm³/mol. The van der Waals surface area contributed by atoms with E-state index < -0.39 is 0 Å². The maximum Gasteiger partial charge on any atom is 0.321 e. The molecule has 30 heavy (non-hydrogen) atoms. The van der Waals surface area contributed by atoms with Gasteiger partial charge in [-0.1, -0.05) is 23.7 Å². The minimum absolute atomic E-state index is 0.00448. The number of amides is 2. The molecule has 0 aliphatic carbocycles. The highest BCUT2D eigenvalue weighted by molar-refractivity contribution is 6.31. The molecule has 2 heterocycles. The van der Waals surface area contributed by atoms with E-state index in [0.29, 0.717) is 59.9 Å². The number of halogens is 1. The third-order valence-corrected chi connectivity index (χ3v) is 5.55. The zero-order valence-electron chi connectivity index (χ0n) is 16.7. The van der Waals surface area contributed by atoms with Crippen molar-refractivity contribution in [2.24, 2.45) is 0 Å². The first kappa shape index (κ1) is 20.2. The van der Waals surface area contributed by atoms with Gasteiger partial charge in [-0.3, -0.25) is 9.36 Å². The van der Waals surface area contributed by atoms with Gasteiger partial charge in [-0.05, 0) is 50.1 Å². The number of para-hydroxylation sites is 2. The molecule has 1 aromatic heterocycles. The lowest BCUT2D eigenvalue weighted by atomic mass is 10.0. The van der Waals surface area contributed by atoms with Gasteiger partial charge in [-0.25, -0.2) is 9.78 Å². The van der Waals surface area contributed by atoms with Gasteiger partial charge in [0.25, 0.3) is 5.56 Å². The number of hydrogen-bond acceptors (Lipinski definition) is 4. The molecule has 2 amide bonds. The number of ether oxygens (including phenoxy) is 1. The van der Waals surface area contributed by atoms with Gasteiger partial charge in [0, 0.05) is 24.2 Å². The molecule has 7 nitrogen and oxygen atoms in total. The Labute approximate surface area is 179 Å². The van der Waals surface area contributed by atoms with Crippen molar-refractivity contribution in [2.45, 2.75) is 25.8 Å². The number of hydrogen-bond donors (Lipinski definition) is 1. The Bertz CT molecular complexity index is 1120. The number of nitrogens with zero attached hydrogens (tertiary/aromatic N) is 3. The summed E-state index contributed by atoms with van der Waals surface area (Å²) in [4.78, 5) is 31.7. The molecule has 0 spiro atoms. The molecule has 0 atom stereocenters. The highest BCUT2D eigenvalue weighted by atomic mass is 35.5. The molecule has 2 aromatic carbocycles. The van der Waals surface area contributed by atoms with E-state index in [4.69, 9.17) is 16.3 Å². The Morgan fingerprint density at radius 2 is 2.00 bits per heavy atom. The lowest BCUT2D eigenvalue weighted by Crippen LogP contribution is -2.42. The average molecular weight is 427 g/mol. The topological polar surface area (TPSA) is 76.5 Å². The van der Waals surface area contributed by atoms with E-state index in [1.807, 2.05) is 31.2 Å². The quantitative estimate of drug-likeness (QED) is 0.674. The van der Waals surface area contributed by atoms with Crippen LogP contribution >= 0.6 is 11.6 Å². The molecule has 0 unspecified atom stereocenters. The minimum Gasteiger partial charge on any atom is -0.492 e. The van der Waals surface area contributed by atoms with Crippen LogP contribution in [0.1, 0.15) is 25.8 Å². The van der Waals surface area contributed by atoms with Crippen LogP contribution in [0.2, 0.25) is 5.02 Å². The van der Waals surface area contributed by atoms with E-state index >= 15 is 0 Å². The molecular formula is C22H23ClN4O3. The van der Waals surface area contributed by atoms with Crippen LogP contribution in [0.5, 0.6) is 5.75 Å². The number of benzene rings is 2. The summed E-state index contributed by atoms with van der Waals surface area (Å²) < 4.78 is 7.25. The fourth-order valence-corrected chi connectivity index (χ4v) is 3.93. The monoisotopic (exact) mass is 426 g/mol. The number of piperidine rings is 1. The highest BCUT2D eigenvalue weighted by Crippen LogP contribution is 2.26. The van der Waals surface area contributed by atoms with Gasteiger partial charge >= 0.3 is 6.03 Å². The molecule has 1 saturated heterocycles. The first-order chi connectivity index (χ1) is 14.6. The Hall–Kier alpha value is -3.06. The van der Waals surface area contributed by atoms with Crippen LogP contribution in [0.4, 0.5) is 10.5 Å². The van der Waals surface area contributed by atoms with Crippen molar-refractivity contribution in [1.29, 1.82) is 0 Å². The lowest BCUT2D eigenvalue weighted by Gasteiger charge is -2.33. The van der Waals surface area contributed by atoms with E-state index in [1.165, 1.54) is 0 Å². The molecular weight excluding hydrogens is 404 g/mol. The minimum atomic E-state index is -0.167. The smallest absolute Gasteiger partial charge is 0.321 e. The Morgan fingerprint density at radius 1 is 1.23 bits per heavy atom. The van der Waals surface area contributed by atoms with Crippen LogP contribution in [0.25, 0.3) is 10.9 Å². The molecule has 0 bridgehead atoms. The summed E-state index contributed by atoms with van der Waals surface area (Å²) in [6.45, 7) is 3.54. The lowest BCUT2D eigenvalue weighted by molar-refractivity contribution is 0.182. The molecule has 0 saturated carbocycles. The third-order valence-electron chi connectivity index (χ3n) is 5.32. The number of carbonyl (C=O) groups is 1. The summed E-state index contributed by atoms with van der Waals surface area (Å²) >= 11 is 5.99. The Kier molecular flexibility index (Phi) is 5.90. The van der Waals surface area contributed by atoms with Gasteiger partial charge in [-0.15, -0.1) is 0 Å². The maximum absolute atomic E-state index is 12.9. The molecule has 1 aliphatic rings. The van der Waals surface area contributed by atoms with Gasteiger partial charge in [0.15, 0.2) is 0 Å². The fourth-order valence-electron chi connectivity index (χ4n) is 3.76. The summed E-state index contributed by atoms with van der Waals surface area (Å²) in [6.07, 6.45) is 2.95. The average Bonchev–Trinajstić information content (AvgIpc) is 2.75. The number of aromatic nitrogens is 2. The Morgan fingerprint density at radius 3 is 2.77 bits per heavy atom. The summed E-state index contributed by atoms with van der Waals surface area (Å²) in [5, 5.41) is 4.03. The Balaban J connectivity index is 1.43. The van der Waals surface area contributed by atoms with Crippen LogP contribution in [0, 0.1) is 0 Å². The van der Waals surface area contributed by atoms with Gasteiger partial charge < -0.3 is 15.0 Å². The van der Waals surface area contributed by atoms with Crippen molar-refractivity contribution < 1.29 is 9.53 Å². The first-order valence-corrected chi connectivity index (χ1v) is 10.4. The molecule has 0 radical (unpaired) electrons. The number of carbonyl (C=O) groups excluding carboxylic acids is 1. The SMILES string of the molecule is CCOc1ccccc1NC(=O)N1CCC(n2cnc3cc(Cl)ccc3c2=O)CC1. The second-order valence-corrected chi connectivity index (χ2v) is 7.63. The fraction of sp³-hybridized carbons (Fsp3) is 0.318. The summed E-state index contributed by atoms with van der Waals surface area (Å²) in [6, 6.07) is 12.3. The zero-order chi connectivity index (χ0) is 21.1. The standard InChI is InChI=1S/C22H23ClN4O3/c1-2-30-20-6-4-3-5-18(20)25-22(29)26-11-9-16(10-12-26)27-14-24-19-13-15(23)7-8-17(19)21(27)28/h3-8,13-14,16H,2,9-12H2,1H3,(H,25,29). The number of urea groups is 1. The molecule has 8 heteroatoms. The van der Waals surface area contributed by atoms with Crippen LogP contribution in [0.3, 0.4) is 0 Å². The van der Waals surface area contributed by atoms with Crippen molar-refractivity contribution in [3.63, 3.8) is 0 Å². The molecule has 4 rings (SSSR count). The van der Waals surface area contributed by atoms with Crippen molar-refractivity contribution in [3.8, 4) is 5.75 Å². The van der Waals surface area contributed by atoms with Crippen molar-refractivity contribution in [1.82, 2.24) is 14.5 Å². The first-order valence-electron chi connectivity index (χ1n) is 10.0. The van der Waals surface area contributed by atoms with Gasteiger partial charge in [0.1, 0.15) is 5.75 Å². The van der Waals surface area contributed by atoms with E-state index in [0.717, 1.165) is 0 Å². The summed E-state index contributed by atoms with van der Waals surface area (Å²) in [7, 11) is 0. The van der Waals surface area contributed by atoms with Crippen molar-refractivity contribution in [3.05, 3.63) is 64.2 Å². The predicted octanol–water partition coefficient (Wildman–Crippen LogP) is 4.32. The number of anilines is 1. The zero-order valence-corrected chi connectivity index (χ0v) is 17.4. The van der Waals surface area contributed by atoms with Crippen LogP contribution < -0.4 is 15.6 Å². The van der Waals surface area contributed by atoms with E-state index in [1.54, 1.807) is 34.0 Å². The van der Waals surface area contributed by atoms with E-state index in [-0.39, 0.29) is 17.6 Å². The van der Waals surface area contributed by atoms with Crippen LogP contribution in [-0.2, 0) is 0 Å². The number of fused-ring (bicyclic) bond motifs is 1. The summed E-state index contributed by atoms with van der Waals surface area (Å²) in [5.74, 6) is 0.650. The normalized spacial score (nSPS) is 14.7. The van der Waals surface area contributed by atoms with Crippen molar-refractivity contribution in [2.75, 3.05) is 25.0 Å². The molecule has 1 aliphatic heterocycles. The number of nitrogens with one attached hydrogen (secondary N) is 1. The second kappa shape index (κ2) is 8.75. The van der Waals surface area contributed by atoms with Gasteiger partial charge in [-0.2, -0.15) is 0 Å². The molecule has 3 aromatic rings. The van der Waals surface area contributed by atoms with Gasteiger partial charge in [0.05, 0.1) is 29.5 Å². The van der Waals surface area contributed by atoms with Gasteiger partial charge in [0.2, 0.25) is 0 Å². The number of rotatable bonds is 4. The van der Waals surface area contributed by atoms with Crippen LogP contribution in [-0.4, -0.2) is 40.2 Å². The molecule has 156 valence electrons. The largest absolute Gasteiger partial charge is 0.492 e. The van der Waals surface area contributed by atoms with E-state index in [9.17, 15) is 9.59 Å².